The third-order valence-electron chi connectivity index (χ3n) is 2.94. The van der Waals surface area contributed by atoms with Crippen molar-refractivity contribution >= 4 is 7.60 Å². The predicted molar refractivity (Wildman–Crippen MR) is 55.6 cm³/mol. The maximum Gasteiger partial charge on any atom is 0.390 e. The van der Waals surface area contributed by atoms with Crippen LogP contribution in [0.25, 0.3) is 0 Å². The lowest BCUT2D eigenvalue weighted by Gasteiger charge is -2.45. The number of alkyl halides is 6. The highest BCUT2D eigenvalue weighted by atomic mass is 31.2. The molecule has 0 spiro atoms. The Hall–Kier alpha value is -0.270. The minimum atomic E-state index is -5.66. The van der Waals surface area contributed by atoms with Gasteiger partial charge in [0.05, 0.1) is 18.0 Å². The number of halogens is 6. The smallest absolute Gasteiger partial charge is 0.324 e. The summed E-state index contributed by atoms with van der Waals surface area (Å²) in [6.45, 7) is 2.84. The Labute approximate surface area is 106 Å². The first-order chi connectivity index (χ1) is 7.91. The molecule has 0 unspecified atom stereocenters. The Morgan fingerprint density at radius 1 is 0.842 bits per heavy atom. The van der Waals surface area contributed by atoms with Gasteiger partial charge >= 0.3 is 19.9 Å². The molecular formula is C9H15F6O3P. The van der Waals surface area contributed by atoms with E-state index in [0.717, 1.165) is 20.8 Å². The summed E-state index contributed by atoms with van der Waals surface area (Å²) in [5.41, 5.74) is -1.89. The van der Waals surface area contributed by atoms with Gasteiger partial charge in [0, 0.05) is 0 Å². The van der Waals surface area contributed by atoms with Gasteiger partial charge in [0.2, 0.25) is 0 Å². The lowest BCUT2D eigenvalue weighted by Crippen LogP contribution is -2.49. The van der Waals surface area contributed by atoms with Crippen LogP contribution >= 0.6 is 7.60 Å². The molecule has 0 aliphatic heterocycles. The number of rotatable bonds is 3. The van der Waals surface area contributed by atoms with Crippen LogP contribution in [0.3, 0.4) is 0 Å². The summed E-state index contributed by atoms with van der Waals surface area (Å²) < 4.78 is 86.2. The summed E-state index contributed by atoms with van der Waals surface area (Å²) >= 11 is 0. The van der Waals surface area contributed by atoms with Gasteiger partial charge in [0.1, 0.15) is 0 Å². The van der Waals surface area contributed by atoms with E-state index in [9.17, 15) is 30.9 Å². The summed E-state index contributed by atoms with van der Waals surface area (Å²) in [5, 5.41) is -3.24. The molecular weight excluding hydrogens is 301 g/mol. The highest BCUT2D eigenvalue weighted by Crippen LogP contribution is 2.66. The van der Waals surface area contributed by atoms with Crippen LogP contribution in [-0.2, 0) is 4.57 Å². The molecule has 0 aromatic carbocycles. The third kappa shape index (κ3) is 4.96. The molecule has 0 bridgehead atoms. The largest absolute Gasteiger partial charge is 0.390 e. The van der Waals surface area contributed by atoms with Crippen LogP contribution in [0.5, 0.6) is 0 Å². The molecule has 2 N–H and O–H groups in total. The zero-order valence-electron chi connectivity index (χ0n) is 10.4. The predicted octanol–water partition coefficient (Wildman–Crippen LogP) is 3.85. The van der Waals surface area contributed by atoms with E-state index in [-0.39, 0.29) is 0 Å². The Kier molecular flexibility index (Phi) is 4.86. The molecule has 0 saturated heterocycles. The van der Waals surface area contributed by atoms with E-state index in [4.69, 9.17) is 9.79 Å². The monoisotopic (exact) mass is 316 g/mol. The van der Waals surface area contributed by atoms with Crippen molar-refractivity contribution in [1.82, 2.24) is 0 Å². The molecule has 0 amide bonds. The Morgan fingerprint density at radius 2 is 1.11 bits per heavy atom. The summed E-state index contributed by atoms with van der Waals surface area (Å²) in [5.74, 6) is 0. The van der Waals surface area contributed by atoms with Crippen LogP contribution in [0, 0.1) is 5.41 Å². The van der Waals surface area contributed by atoms with Crippen molar-refractivity contribution < 1.29 is 40.7 Å². The highest BCUT2D eigenvalue weighted by molar-refractivity contribution is 7.53. The first kappa shape index (κ1) is 18.7. The summed E-state index contributed by atoms with van der Waals surface area (Å²) in [6, 6.07) is 0. The fourth-order valence-electron chi connectivity index (χ4n) is 1.90. The van der Waals surface area contributed by atoms with Crippen LogP contribution in [0.15, 0.2) is 0 Å². The van der Waals surface area contributed by atoms with Crippen molar-refractivity contribution in [1.29, 1.82) is 0 Å². The maximum atomic E-state index is 12.5. The average Bonchev–Trinajstić information content (AvgIpc) is 1.91. The van der Waals surface area contributed by atoms with Gasteiger partial charge in [-0.05, 0) is 5.41 Å². The van der Waals surface area contributed by atoms with Crippen LogP contribution in [-0.4, -0.2) is 27.3 Å². The van der Waals surface area contributed by atoms with Crippen molar-refractivity contribution in [2.24, 2.45) is 5.41 Å². The summed E-state index contributed by atoms with van der Waals surface area (Å²) in [7, 11) is -5.66. The standard InChI is InChI=1S/C9H15F6O3P/c1-6(2,3)7(19(16,17)18,4-8(10,11)12)5-9(13,14)15/h4-5H2,1-3H3,(H2,16,17,18). The van der Waals surface area contributed by atoms with E-state index >= 15 is 0 Å². The Bertz CT molecular complexity index is 346. The summed E-state index contributed by atoms with van der Waals surface area (Å²) in [6.07, 6.45) is -14.7. The fourth-order valence-corrected chi connectivity index (χ4v) is 3.54. The molecule has 3 nitrogen and oxygen atoms in total. The topological polar surface area (TPSA) is 57.5 Å². The van der Waals surface area contributed by atoms with Gasteiger partial charge in [-0.25, -0.2) is 0 Å². The van der Waals surface area contributed by atoms with Crippen molar-refractivity contribution in [2.75, 3.05) is 0 Å². The van der Waals surface area contributed by atoms with E-state index in [1.54, 1.807) is 0 Å². The molecule has 0 aliphatic rings. The second kappa shape index (κ2) is 4.93. The van der Waals surface area contributed by atoms with Gasteiger partial charge in [-0.15, -0.1) is 0 Å². The molecule has 116 valence electrons. The molecule has 0 fully saturated rings. The molecule has 0 atom stereocenters. The number of hydrogen-bond donors (Lipinski definition) is 2. The molecule has 0 aromatic heterocycles. The molecule has 0 saturated carbocycles. The van der Waals surface area contributed by atoms with Gasteiger partial charge in [0.15, 0.2) is 0 Å². The highest BCUT2D eigenvalue weighted by Gasteiger charge is 2.63. The van der Waals surface area contributed by atoms with E-state index < -0.39 is 43.4 Å². The summed E-state index contributed by atoms with van der Waals surface area (Å²) in [4.78, 5) is 18.2. The van der Waals surface area contributed by atoms with Crippen molar-refractivity contribution in [2.45, 2.75) is 51.1 Å². The number of hydrogen-bond acceptors (Lipinski definition) is 1. The second-order valence-corrected chi connectivity index (χ2v) is 7.35. The Morgan fingerprint density at radius 3 is 1.21 bits per heavy atom. The maximum absolute atomic E-state index is 12.5. The molecule has 19 heavy (non-hydrogen) atoms. The van der Waals surface area contributed by atoms with E-state index in [2.05, 4.69) is 0 Å². The minimum absolute atomic E-state index is 0.948. The molecule has 0 heterocycles. The Balaban J connectivity index is 5.99. The zero-order valence-corrected chi connectivity index (χ0v) is 11.3. The van der Waals surface area contributed by atoms with Gasteiger partial charge in [-0.2, -0.15) is 26.3 Å². The van der Waals surface area contributed by atoms with Crippen molar-refractivity contribution in [3.05, 3.63) is 0 Å². The first-order valence-electron chi connectivity index (χ1n) is 5.10. The van der Waals surface area contributed by atoms with E-state index in [0.29, 0.717) is 0 Å². The van der Waals surface area contributed by atoms with Crippen molar-refractivity contribution in [3.63, 3.8) is 0 Å². The van der Waals surface area contributed by atoms with Gasteiger partial charge in [0.25, 0.3) is 0 Å². The lowest BCUT2D eigenvalue weighted by molar-refractivity contribution is -0.180. The second-order valence-electron chi connectivity index (χ2n) is 5.41. The van der Waals surface area contributed by atoms with Crippen molar-refractivity contribution in [3.8, 4) is 0 Å². The average molecular weight is 316 g/mol. The fraction of sp³-hybridized carbons (Fsp3) is 1.00. The van der Waals surface area contributed by atoms with Gasteiger partial charge in [-0.1, -0.05) is 20.8 Å². The molecule has 0 rings (SSSR count). The van der Waals surface area contributed by atoms with E-state index in [1.807, 2.05) is 0 Å². The van der Waals surface area contributed by atoms with Gasteiger partial charge in [-0.3, -0.25) is 4.57 Å². The van der Waals surface area contributed by atoms with Crippen LogP contribution in [0.1, 0.15) is 33.6 Å². The molecule has 0 radical (unpaired) electrons. The van der Waals surface area contributed by atoms with Gasteiger partial charge < -0.3 is 9.79 Å². The minimum Gasteiger partial charge on any atom is -0.324 e. The lowest BCUT2D eigenvalue weighted by atomic mass is 9.75. The molecule has 0 aromatic rings. The van der Waals surface area contributed by atoms with E-state index in [1.165, 1.54) is 0 Å². The normalized spacial score (nSPS) is 15.7. The van der Waals surface area contributed by atoms with Crippen LogP contribution < -0.4 is 0 Å². The van der Waals surface area contributed by atoms with Crippen LogP contribution in [0.2, 0.25) is 0 Å². The SMILES string of the molecule is CC(C)(C)C(CC(F)(F)F)(CC(F)(F)F)P(=O)(O)O. The first-order valence-corrected chi connectivity index (χ1v) is 6.72. The molecule has 10 heteroatoms. The zero-order chi connectivity index (χ0) is 15.9. The third-order valence-corrected chi connectivity index (χ3v) is 5.04. The molecule has 0 aliphatic carbocycles. The van der Waals surface area contributed by atoms with Crippen LogP contribution in [0.4, 0.5) is 26.3 Å². The quantitative estimate of drug-likeness (QED) is 0.614.